The molecule has 1 amide bonds. The third kappa shape index (κ3) is 9.06. The Labute approximate surface area is 305 Å². The largest absolute Gasteiger partial charge is 0.494 e. The summed E-state index contributed by atoms with van der Waals surface area (Å²) in [7, 11) is 0. The number of hydrazine groups is 1. The number of hydrogen-bond donors (Lipinski definition) is 3. The van der Waals surface area contributed by atoms with E-state index in [1.807, 2.05) is 78.9 Å². The minimum Gasteiger partial charge on any atom is -0.494 e. The summed E-state index contributed by atoms with van der Waals surface area (Å²) in [6.45, 7) is 0.612. The maximum atomic E-state index is 14.7. The Morgan fingerprint density at radius 1 is 0.887 bits per heavy atom. The van der Waals surface area contributed by atoms with Crippen LogP contribution in [-0.2, 0) is 28.9 Å². The molecule has 0 bridgehead atoms. The predicted molar refractivity (Wildman–Crippen MR) is 198 cm³/mol. The van der Waals surface area contributed by atoms with E-state index in [9.17, 15) is 13.6 Å². The van der Waals surface area contributed by atoms with Gasteiger partial charge in [-0.3, -0.25) is 10.2 Å². The maximum absolute atomic E-state index is 14.7. The second-order valence-electron chi connectivity index (χ2n) is 12.5. The number of nitrogens with one attached hydrogen (secondary N) is 2. The molecule has 53 heavy (non-hydrogen) atoms. The predicted octanol–water partition coefficient (Wildman–Crippen LogP) is 7.57. The highest BCUT2D eigenvalue weighted by Gasteiger charge is 2.53. The summed E-state index contributed by atoms with van der Waals surface area (Å²) >= 11 is 0. The molecule has 0 saturated carbocycles. The minimum absolute atomic E-state index is 0.0186. The monoisotopic (exact) mass is 716 g/mol. The number of halogens is 2. The molecule has 1 heterocycles. The molecule has 3 N–H and O–H groups in total. The first-order chi connectivity index (χ1) is 25.9. The first-order valence-corrected chi connectivity index (χ1v) is 17.2. The number of aliphatic hydroxyl groups is 1. The zero-order valence-electron chi connectivity index (χ0n) is 28.8. The van der Waals surface area contributed by atoms with Crippen molar-refractivity contribution in [3.8, 4) is 16.9 Å². The third-order valence-electron chi connectivity index (χ3n) is 8.90. The van der Waals surface area contributed by atoms with E-state index in [1.165, 1.54) is 12.1 Å². The fourth-order valence-electron chi connectivity index (χ4n) is 6.26. The normalized spacial score (nSPS) is 16.3. The van der Waals surface area contributed by atoms with E-state index in [-0.39, 0.29) is 38.4 Å². The van der Waals surface area contributed by atoms with Crippen molar-refractivity contribution in [2.75, 3.05) is 19.8 Å². The van der Waals surface area contributed by atoms with Crippen LogP contribution < -0.4 is 15.6 Å². The summed E-state index contributed by atoms with van der Waals surface area (Å²) in [5.74, 6) is -1.02. The second-order valence-corrected chi connectivity index (χ2v) is 12.5. The molecule has 0 fully saturated rings. The van der Waals surface area contributed by atoms with Gasteiger partial charge >= 0.3 is 0 Å². The molecule has 0 radical (unpaired) electrons. The van der Waals surface area contributed by atoms with Gasteiger partial charge in [0, 0.05) is 42.5 Å². The Hall–Kier alpha value is -6.07. The molecule has 0 saturated heterocycles. The van der Waals surface area contributed by atoms with Gasteiger partial charge in [-0.05, 0) is 81.7 Å². The lowest BCUT2D eigenvalue weighted by molar-refractivity contribution is -0.130. The zero-order chi connectivity index (χ0) is 37.0. The van der Waals surface area contributed by atoms with Crippen LogP contribution in [0.25, 0.3) is 21.6 Å². The topological polar surface area (TPSA) is 141 Å². The molecule has 12 heteroatoms. The Morgan fingerprint density at radius 2 is 1.55 bits per heavy atom. The lowest BCUT2D eigenvalue weighted by atomic mass is 9.80. The van der Waals surface area contributed by atoms with Crippen LogP contribution in [0.15, 0.2) is 131 Å². The molecule has 0 spiro atoms. The number of amides is 1. The number of aliphatic hydroxyl groups excluding tert-OH is 1. The van der Waals surface area contributed by atoms with E-state index in [2.05, 4.69) is 20.9 Å². The van der Waals surface area contributed by atoms with E-state index >= 15 is 0 Å². The Kier molecular flexibility index (Phi) is 12.1. The molecule has 0 aromatic heterocycles. The third-order valence-corrected chi connectivity index (χ3v) is 8.90. The van der Waals surface area contributed by atoms with Crippen LogP contribution in [0.3, 0.4) is 0 Å². The van der Waals surface area contributed by atoms with Crippen molar-refractivity contribution in [2.45, 2.75) is 37.5 Å². The SMILES string of the molecule is [N-]=[N+]=NCc1ccccc1C[C@]1(C(=O)NNCCc2cc(F)cc(F)c2)N=C(c2ccc(OCCCO)cc2)O[C@H]1c1ccc(-c2ccccc2)cc1. The molecule has 1 aliphatic heterocycles. The number of hydrogen-bond acceptors (Lipinski definition) is 7. The van der Waals surface area contributed by atoms with Crippen LogP contribution >= 0.6 is 0 Å². The fraction of sp³-hybridized carbons (Fsp3) is 0.220. The van der Waals surface area contributed by atoms with Crippen molar-refractivity contribution < 1.29 is 28.2 Å². The number of rotatable bonds is 16. The van der Waals surface area contributed by atoms with Gasteiger partial charge in [0.25, 0.3) is 5.91 Å². The molecule has 5 aromatic carbocycles. The second kappa shape index (κ2) is 17.4. The lowest BCUT2D eigenvalue weighted by Gasteiger charge is -2.31. The Balaban J connectivity index is 1.38. The average molecular weight is 717 g/mol. The molecule has 0 unspecified atom stereocenters. The number of nitrogens with zero attached hydrogens (tertiary/aromatic N) is 4. The van der Waals surface area contributed by atoms with Gasteiger partial charge in [0.2, 0.25) is 5.90 Å². The van der Waals surface area contributed by atoms with Crippen molar-refractivity contribution >= 4 is 11.8 Å². The van der Waals surface area contributed by atoms with Crippen molar-refractivity contribution in [3.63, 3.8) is 0 Å². The highest BCUT2D eigenvalue weighted by Crippen LogP contribution is 2.43. The summed E-state index contributed by atoms with van der Waals surface area (Å²) in [5, 5.41) is 12.9. The molecular weight excluding hydrogens is 678 g/mol. The molecule has 270 valence electrons. The molecule has 2 atom stereocenters. The lowest BCUT2D eigenvalue weighted by Crippen LogP contribution is -2.54. The summed E-state index contributed by atoms with van der Waals surface area (Å²) in [6.07, 6.45) is -0.105. The van der Waals surface area contributed by atoms with Gasteiger partial charge in [0.05, 0.1) is 13.2 Å². The van der Waals surface area contributed by atoms with Crippen LogP contribution in [0.5, 0.6) is 5.75 Å². The smallest absolute Gasteiger partial charge is 0.266 e. The summed E-state index contributed by atoms with van der Waals surface area (Å²) in [5.41, 5.74) is 18.5. The van der Waals surface area contributed by atoms with E-state index in [1.54, 1.807) is 24.3 Å². The van der Waals surface area contributed by atoms with Gasteiger partial charge in [-0.25, -0.2) is 19.2 Å². The average Bonchev–Trinajstić information content (AvgIpc) is 3.57. The number of aliphatic imine (C=N–C) groups is 1. The van der Waals surface area contributed by atoms with Gasteiger partial charge in [0.15, 0.2) is 11.6 Å². The summed E-state index contributed by atoms with van der Waals surface area (Å²) in [6, 6.07) is 35.5. The number of azide groups is 1. The number of carbonyl (C=O) groups is 1. The van der Waals surface area contributed by atoms with Crippen molar-refractivity contribution in [3.05, 3.63) is 171 Å². The van der Waals surface area contributed by atoms with Crippen LogP contribution in [-0.4, -0.2) is 42.2 Å². The summed E-state index contributed by atoms with van der Waals surface area (Å²) in [4.78, 5) is 22.7. The van der Waals surface area contributed by atoms with Gasteiger partial charge < -0.3 is 14.6 Å². The van der Waals surface area contributed by atoms with Crippen LogP contribution in [0.4, 0.5) is 8.78 Å². The van der Waals surface area contributed by atoms with Crippen LogP contribution in [0.2, 0.25) is 0 Å². The summed E-state index contributed by atoms with van der Waals surface area (Å²) < 4.78 is 40.0. The minimum atomic E-state index is -1.58. The highest BCUT2D eigenvalue weighted by atomic mass is 19.1. The molecule has 0 aliphatic carbocycles. The molecule has 10 nitrogen and oxygen atoms in total. The number of benzene rings is 5. The Bertz CT molecular complexity index is 2070. The van der Waals surface area contributed by atoms with Gasteiger partial charge in [-0.15, -0.1) is 0 Å². The van der Waals surface area contributed by atoms with Crippen LogP contribution in [0, 0.1) is 11.6 Å². The van der Waals surface area contributed by atoms with Gasteiger partial charge in [-0.2, -0.15) is 0 Å². The molecule has 5 aromatic rings. The van der Waals surface area contributed by atoms with Crippen molar-refractivity contribution in [2.24, 2.45) is 10.1 Å². The Morgan fingerprint density at radius 3 is 2.25 bits per heavy atom. The first kappa shape index (κ1) is 36.7. The number of ether oxygens (including phenoxy) is 2. The standard InChI is InChI=1S/C41H38F2N6O4/c42-35-23-28(24-36(43)25-35)19-20-45-48-40(51)41(26-33-9-4-5-10-34(33)27-46-49-44)38(31-13-11-30(12-14-31)29-7-2-1-3-8-29)53-39(47-41)32-15-17-37(18-16-32)52-22-6-21-50/h1-5,7-18,23-25,38,45,50H,6,19-22,26-27H2,(H,48,51)/t38-,41-/m0/s1. The zero-order valence-corrected chi connectivity index (χ0v) is 28.8. The fourth-order valence-corrected chi connectivity index (χ4v) is 6.26. The van der Waals surface area contributed by atoms with E-state index < -0.39 is 29.2 Å². The molecule has 6 rings (SSSR count). The maximum Gasteiger partial charge on any atom is 0.266 e. The van der Waals surface area contributed by atoms with Crippen molar-refractivity contribution in [1.29, 1.82) is 0 Å². The molecular formula is C41H38F2N6O4. The van der Waals surface area contributed by atoms with E-state index in [0.29, 0.717) is 35.5 Å². The number of carbonyl (C=O) groups excluding carboxylic acids is 1. The molecule has 1 aliphatic rings. The highest BCUT2D eigenvalue weighted by molar-refractivity contribution is 6.01. The van der Waals surface area contributed by atoms with Crippen molar-refractivity contribution in [1.82, 2.24) is 10.9 Å². The van der Waals surface area contributed by atoms with Gasteiger partial charge in [0.1, 0.15) is 17.4 Å². The van der Waals surface area contributed by atoms with E-state index in [4.69, 9.17) is 25.1 Å². The van der Waals surface area contributed by atoms with E-state index in [0.717, 1.165) is 28.3 Å². The van der Waals surface area contributed by atoms with Crippen LogP contribution in [0.1, 0.15) is 40.3 Å². The quantitative estimate of drug-likeness (QED) is 0.0318. The van der Waals surface area contributed by atoms with Gasteiger partial charge in [-0.1, -0.05) is 84.0 Å². The first-order valence-electron chi connectivity index (χ1n) is 17.2.